The Labute approximate surface area is 127 Å². The second-order valence-electron chi connectivity index (χ2n) is 4.83. The molecule has 22 heavy (non-hydrogen) atoms. The summed E-state index contributed by atoms with van der Waals surface area (Å²) >= 11 is 0. The highest BCUT2D eigenvalue weighted by molar-refractivity contribution is 5.67. The highest BCUT2D eigenvalue weighted by Gasteiger charge is 2.49. The summed E-state index contributed by atoms with van der Waals surface area (Å²) in [6, 6.07) is -0.804. The van der Waals surface area contributed by atoms with Crippen LogP contribution in [0.25, 0.3) is 0 Å². The summed E-state index contributed by atoms with van der Waals surface area (Å²) in [5.74, 6) is -1.79. The van der Waals surface area contributed by atoms with Crippen LogP contribution in [-0.4, -0.2) is 67.3 Å². The van der Waals surface area contributed by atoms with Gasteiger partial charge in [0.25, 0.3) is 0 Å². The van der Waals surface area contributed by atoms with Gasteiger partial charge >= 0.3 is 17.9 Å². The zero-order valence-electron chi connectivity index (χ0n) is 12.9. The third kappa shape index (κ3) is 4.93. The van der Waals surface area contributed by atoms with E-state index in [1.165, 1.54) is 27.8 Å². The zero-order valence-corrected chi connectivity index (χ0v) is 12.9. The number of carbonyl (C=O) groups excluding carboxylic acids is 3. The SMILES string of the molecule is CNC1[C@@H](OC(C)=O)C(OC(C)=O)C(COC(C)=O)O[C@H]1O. The normalized spacial score (nSPS) is 31.2. The van der Waals surface area contributed by atoms with Gasteiger partial charge in [-0.3, -0.25) is 14.4 Å². The van der Waals surface area contributed by atoms with Crippen molar-refractivity contribution in [2.75, 3.05) is 13.7 Å². The van der Waals surface area contributed by atoms with E-state index in [1.54, 1.807) is 0 Å². The van der Waals surface area contributed by atoms with Gasteiger partial charge in [-0.1, -0.05) is 0 Å². The van der Waals surface area contributed by atoms with Gasteiger partial charge in [0.2, 0.25) is 0 Å². The van der Waals surface area contributed by atoms with Crippen molar-refractivity contribution >= 4 is 17.9 Å². The van der Waals surface area contributed by atoms with E-state index in [9.17, 15) is 19.5 Å². The number of hydrogen-bond acceptors (Lipinski definition) is 9. The minimum absolute atomic E-state index is 0.251. The molecule has 2 N–H and O–H groups in total. The van der Waals surface area contributed by atoms with Crippen LogP contribution in [0.4, 0.5) is 0 Å². The predicted molar refractivity (Wildman–Crippen MR) is 71.5 cm³/mol. The first-order valence-electron chi connectivity index (χ1n) is 6.74. The lowest BCUT2D eigenvalue weighted by Gasteiger charge is -2.43. The first-order chi connectivity index (χ1) is 10.3. The van der Waals surface area contributed by atoms with Crippen LogP contribution in [0.3, 0.4) is 0 Å². The molecule has 5 atom stereocenters. The molecule has 0 radical (unpaired) electrons. The fourth-order valence-corrected chi connectivity index (χ4v) is 2.23. The average Bonchev–Trinajstić information content (AvgIpc) is 2.39. The molecule has 1 rings (SSSR count). The van der Waals surface area contributed by atoms with Crippen LogP contribution in [0.2, 0.25) is 0 Å². The summed E-state index contributed by atoms with van der Waals surface area (Å²) in [5, 5.41) is 12.7. The quantitative estimate of drug-likeness (QED) is 0.471. The molecule has 9 nitrogen and oxygen atoms in total. The number of aliphatic hydroxyl groups is 1. The predicted octanol–water partition coefficient (Wildman–Crippen LogP) is -1.28. The maximum absolute atomic E-state index is 11.3. The molecule has 0 aromatic carbocycles. The van der Waals surface area contributed by atoms with Crippen LogP contribution in [-0.2, 0) is 33.3 Å². The lowest BCUT2D eigenvalue weighted by Crippen LogP contribution is -2.64. The first kappa shape index (κ1) is 18.3. The van der Waals surface area contributed by atoms with Crippen LogP contribution in [0, 0.1) is 0 Å². The minimum Gasteiger partial charge on any atom is -0.463 e. The largest absolute Gasteiger partial charge is 0.463 e. The van der Waals surface area contributed by atoms with Gasteiger partial charge in [-0.05, 0) is 7.05 Å². The highest BCUT2D eigenvalue weighted by atomic mass is 16.7. The van der Waals surface area contributed by atoms with Crippen molar-refractivity contribution in [1.29, 1.82) is 0 Å². The molecule has 9 heteroatoms. The molecule has 0 bridgehead atoms. The van der Waals surface area contributed by atoms with E-state index in [0.29, 0.717) is 0 Å². The van der Waals surface area contributed by atoms with Gasteiger partial charge in [0.15, 0.2) is 18.5 Å². The van der Waals surface area contributed by atoms with Crippen molar-refractivity contribution in [2.24, 2.45) is 0 Å². The molecule has 0 aliphatic carbocycles. The summed E-state index contributed by atoms with van der Waals surface area (Å²) < 4.78 is 20.5. The van der Waals surface area contributed by atoms with Crippen LogP contribution in [0.5, 0.6) is 0 Å². The molecule has 0 aromatic rings. The van der Waals surface area contributed by atoms with E-state index in [0.717, 1.165) is 0 Å². The maximum Gasteiger partial charge on any atom is 0.303 e. The lowest BCUT2D eigenvalue weighted by atomic mass is 9.96. The van der Waals surface area contributed by atoms with Crippen molar-refractivity contribution in [2.45, 2.75) is 51.4 Å². The zero-order chi connectivity index (χ0) is 16.9. The number of rotatable bonds is 5. The number of nitrogens with one attached hydrogen (secondary N) is 1. The van der Waals surface area contributed by atoms with Gasteiger partial charge in [0, 0.05) is 20.8 Å². The van der Waals surface area contributed by atoms with E-state index in [2.05, 4.69) is 5.32 Å². The Kier molecular flexibility index (Phi) is 6.72. The third-order valence-corrected chi connectivity index (χ3v) is 3.05. The summed E-state index contributed by atoms with van der Waals surface area (Å²) in [5.41, 5.74) is 0. The second kappa shape index (κ2) is 8.06. The average molecular weight is 319 g/mol. The number of likely N-dealkylation sites (N-methyl/N-ethyl adjacent to an activating group) is 1. The summed E-state index contributed by atoms with van der Waals surface area (Å²) in [6.45, 7) is 3.34. The number of hydrogen-bond donors (Lipinski definition) is 2. The van der Waals surface area contributed by atoms with E-state index in [4.69, 9.17) is 18.9 Å². The molecule has 1 heterocycles. The van der Waals surface area contributed by atoms with E-state index >= 15 is 0 Å². The molecule has 1 saturated heterocycles. The Morgan fingerprint density at radius 2 is 1.59 bits per heavy atom. The number of carbonyl (C=O) groups is 3. The van der Waals surface area contributed by atoms with E-state index in [1.807, 2.05) is 0 Å². The van der Waals surface area contributed by atoms with Crippen molar-refractivity contribution in [3.63, 3.8) is 0 Å². The Balaban J connectivity index is 3.01. The van der Waals surface area contributed by atoms with Crippen LogP contribution < -0.4 is 5.32 Å². The Morgan fingerprint density at radius 3 is 2.05 bits per heavy atom. The highest BCUT2D eigenvalue weighted by Crippen LogP contribution is 2.25. The molecule has 0 amide bonds. The Morgan fingerprint density at radius 1 is 1.05 bits per heavy atom. The summed E-state index contributed by atoms with van der Waals surface area (Å²) in [7, 11) is 1.53. The van der Waals surface area contributed by atoms with E-state index in [-0.39, 0.29) is 6.61 Å². The minimum atomic E-state index is -1.33. The molecular formula is C13H21NO8. The first-order valence-corrected chi connectivity index (χ1v) is 6.74. The number of aliphatic hydroxyl groups excluding tert-OH is 1. The van der Waals surface area contributed by atoms with Crippen molar-refractivity contribution in [1.82, 2.24) is 5.32 Å². The molecule has 0 saturated carbocycles. The number of esters is 3. The maximum atomic E-state index is 11.3. The lowest BCUT2D eigenvalue weighted by molar-refractivity contribution is -0.264. The van der Waals surface area contributed by atoms with Crippen LogP contribution >= 0.6 is 0 Å². The summed E-state index contributed by atoms with van der Waals surface area (Å²) in [6.07, 6.45) is -4.31. The molecule has 1 fully saturated rings. The standard InChI is InChI=1S/C13H21NO8/c1-6(15)19-5-9-11(20-7(2)16)12(21-8(3)17)10(14-4)13(18)22-9/h9-14,18H,5H2,1-4H3/t9?,10?,11?,12-,13-/m1/s1. The summed E-state index contributed by atoms with van der Waals surface area (Å²) in [4.78, 5) is 33.5. The molecular weight excluding hydrogens is 298 g/mol. The molecule has 3 unspecified atom stereocenters. The Hall–Kier alpha value is -1.71. The van der Waals surface area contributed by atoms with Crippen LogP contribution in [0.15, 0.2) is 0 Å². The Bertz CT molecular complexity index is 426. The van der Waals surface area contributed by atoms with Gasteiger partial charge in [0.1, 0.15) is 12.7 Å². The molecule has 0 aromatic heterocycles. The molecule has 1 aliphatic rings. The van der Waals surface area contributed by atoms with E-state index < -0.39 is 48.6 Å². The van der Waals surface area contributed by atoms with Gasteiger partial charge in [-0.2, -0.15) is 0 Å². The van der Waals surface area contributed by atoms with Gasteiger partial charge in [-0.15, -0.1) is 0 Å². The van der Waals surface area contributed by atoms with Crippen molar-refractivity contribution < 1.29 is 38.4 Å². The fraction of sp³-hybridized carbons (Fsp3) is 0.769. The van der Waals surface area contributed by atoms with Gasteiger partial charge in [0.05, 0.1) is 6.04 Å². The fourth-order valence-electron chi connectivity index (χ4n) is 2.23. The van der Waals surface area contributed by atoms with Crippen molar-refractivity contribution in [3.05, 3.63) is 0 Å². The van der Waals surface area contributed by atoms with Gasteiger partial charge in [-0.25, -0.2) is 0 Å². The van der Waals surface area contributed by atoms with Gasteiger partial charge < -0.3 is 29.4 Å². The molecule has 126 valence electrons. The number of ether oxygens (including phenoxy) is 4. The van der Waals surface area contributed by atoms with Crippen molar-refractivity contribution in [3.8, 4) is 0 Å². The van der Waals surface area contributed by atoms with Crippen LogP contribution in [0.1, 0.15) is 20.8 Å². The third-order valence-electron chi connectivity index (χ3n) is 3.05. The molecule has 0 spiro atoms. The smallest absolute Gasteiger partial charge is 0.303 e. The molecule has 1 aliphatic heterocycles. The topological polar surface area (TPSA) is 120 Å². The second-order valence-corrected chi connectivity index (χ2v) is 4.83. The monoisotopic (exact) mass is 319 g/mol.